The molecule has 1 aromatic rings. The van der Waals surface area contributed by atoms with Gasteiger partial charge in [-0.15, -0.1) is 0 Å². The molecule has 1 heterocycles. The first-order valence-corrected chi connectivity index (χ1v) is 5.69. The summed E-state index contributed by atoms with van der Waals surface area (Å²) >= 11 is 0. The molecule has 0 saturated carbocycles. The minimum atomic E-state index is -1.13. The number of carboxylic acids is 1. The van der Waals surface area contributed by atoms with Crippen molar-refractivity contribution in [3.05, 3.63) is 28.8 Å². The molecule has 1 N–H and O–H groups in total. The third kappa shape index (κ3) is 2.05. The number of rotatable bonds is 3. The van der Waals surface area contributed by atoms with Crippen LogP contribution in [0.15, 0.2) is 6.07 Å². The second kappa shape index (κ2) is 4.23. The van der Waals surface area contributed by atoms with E-state index in [2.05, 4.69) is 0 Å². The van der Waals surface area contributed by atoms with Crippen molar-refractivity contribution in [3.63, 3.8) is 0 Å². The van der Waals surface area contributed by atoms with Gasteiger partial charge in [0.1, 0.15) is 17.4 Å². The largest absolute Gasteiger partial charge is 0.492 e. The number of halogens is 2. The smallest absolute Gasteiger partial charge is 0.309 e. The van der Waals surface area contributed by atoms with Gasteiger partial charge in [0.2, 0.25) is 0 Å². The lowest BCUT2D eigenvalue weighted by Crippen LogP contribution is -2.27. The summed E-state index contributed by atoms with van der Waals surface area (Å²) in [7, 11) is 0. The van der Waals surface area contributed by atoms with Gasteiger partial charge in [0.15, 0.2) is 0 Å². The summed E-state index contributed by atoms with van der Waals surface area (Å²) in [5, 5.41) is 9.06. The number of fused-ring (bicyclic) bond motifs is 1. The average molecular weight is 256 g/mol. The standard InChI is InChI=1S/C13H14F2O3/c1-13(2,12(16)17)6-8-10(15)5-9(14)7-3-4-18-11(7)8/h5H,3-4,6H2,1-2H3,(H,16,17). The van der Waals surface area contributed by atoms with Crippen LogP contribution in [-0.2, 0) is 17.6 Å². The van der Waals surface area contributed by atoms with E-state index in [4.69, 9.17) is 9.84 Å². The Morgan fingerprint density at radius 1 is 1.44 bits per heavy atom. The average Bonchev–Trinajstić information content (AvgIpc) is 2.73. The number of carboxylic acid groups (broad SMARTS) is 1. The quantitative estimate of drug-likeness (QED) is 0.904. The molecular weight excluding hydrogens is 242 g/mol. The van der Waals surface area contributed by atoms with Crippen LogP contribution in [0.4, 0.5) is 8.78 Å². The molecule has 0 spiro atoms. The van der Waals surface area contributed by atoms with Crippen LogP contribution in [0.2, 0.25) is 0 Å². The summed E-state index contributed by atoms with van der Waals surface area (Å²) in [6, 6.07) is 0.806. The van der Waals surface area contributed by atoms with E-state index in [1.807, 2.05) is 0 Å². The van der Waals surface area contributed by atoms with Crippen molar-refractivity contribution in [3.8, 4) is 5.75 Å². The summed E-state index contributed by atoms with van der Waals surface area (Å²) in [4.78, 5) is 11.1. The van der Waals surface area contributed by atoms with Gasteiger partial charge in [-0.25, -0.2) is 8.78 Å². The van der Waals surface area contributed by atoms with E-state index in [1.165, 1.54) is 13.8 Å². The van der Waals surface area contributed by atoms with Crippen LogP contribution in [0.1, 0.15) is 25.0 Å². The van der Waals surface area contributed by atoms with Crippen LogP contribution in [0, 0.1) is 17.0 Å². The van der Waals surface area contributed by atoms with Gasteiger partial charge in [0.05, 0.1) is 12.0 Å². The molecule has 3 nitrogen and oxygen atoms in total. The Hall–Kier alpha value is -1.65. The van der Waals surface area contributed by atoms with Crippen molar-refractivity contribution in [1.82, 2.24) is 0 Å². The molecule has 1 aliphatic rings. The van der Waals surface area contributed by atoms with Crippen LogP contribution >= 0.6 is 0 Å². The van der Waals surface area contributed by atoms with Gasteiger partial charge in [0.25, 0.3) is 0 Å². The molecule has 0 bridgehead atoms. The van der Waals surface area contributed by atoms with Crippen LogP contribution in [0.5, 0.6) is 5.75 Å². The van der Waals surface area contributed by atoms with E-state index in [1.54, 1.807) is 0 Å². The van der Waals surface area contributed by atoms with E-state index < -0.39 is 23.0 Å². The highest BCUT2D eigenvalue weighted by Crippen LogP contribution is 2.37. The molecule has 0 saturated heterocycles. The van der Waals surface area contributed by atoms with Gasteiger partial charge in [0, 0.05) is 23.6 Å². The maximum absolute atomic E-state index is 13.8. The summed E-state index contributed by atoms with van der Waals surface area (Å²) in [5.41, 5.74) is -0.637. The minimum absolute atomic E-state index is 0.0310. The number of aliphatic carboxylic acids is 1. The number of benzene rings is 1. The third-order valence-corrected chi connectivity index (χ3v) is 3.17. The number of hydrogen-bond acceptors (Lipinski definition) is 2. The van der Waals surface area contributed by atoms with Crippen LogP contribution in [0.25, 0.3) is 0 Å². The van der Waals surface area contributed by atoms with Crippen molar-refractivity contribution in [2.75, 3.05) is 6.61 Å². The molecule has 1 aromatic carbocycles. The van der Waals surface area contributed by atoms with Gasteiger partial charge < -0.3 is 9.84 Å². The Bertz CT molecular complexity index is 509. The Morgan fingerprint density at radius 2 is 2.11 bits per heavy atom. The molecule has 0 amide bonds. The monoisotopic (exact) mass is 256 g/mol. The number of carbonyl (C=O) groups is 1. The molecule has 0 unspecified atom stereocenters. The fourth-order valence-corrected chi connectivity index (χ4v) is 2.03. The van der Waals surface area contributed by atoms with Gasteiger partial charge >= 0.3 is 5.97 Å². The van der Waals surface area contributed by atoms with Crippen LogP contribution in [0.3, 0.4) is 0 Å². The van der Waals surface area contributed by atoms with Crippen LogP contribution in [-0.4, -0.2) is 17.7 Å². The van der Waals surface area contributed by atoms with E-state index in [-0.39, 0.29) is 17.7 Å². The number of ether oxygens (including phenoxy) is 1. The fraction of sp³-hybridized carbons (Fsp3) is 0.462. The summed E-state index contributed by atoms with van der Waals surface area (Å²) in [6.45, 7) is 3.30. The SMILES string of the molecule is CC(C)(Cc1c(F)cc(F)c2c1OCC2)C(=O)O. The Labute approximate surface area is 103 Å². The molecule has 98 valence electrons. The maximum Gasteiger partial charge on any atom is 0.309 e. The molecule has 0 atom stereocenters. The Morgan fingerprint density at radius 3 is 2.72 bits per heavy atom. The van der Waals surface area contributed by atoms with E-state index in [9.17, 15) is 13.6 Å². The van der Waals surface area contributed by atoms with Crippen LogP contribution < -0.4 is 4.74 Å². The van der Waals surface area contributed by atoms with Crippen molar-refractivity contribution >= 4 is 5.97 Å². The predicted molar refractivity (Wildman–Crippen MR) is 60.7 cm³/mol. The highest BCUT2D eigenvalue weighted by Gasteiger charge is 2.33. The zero-order valence-electron chi connectivity index (χ0n) is 10.2. The molecule has 1 aliphatic heterocycles. The highest BCUT2D eigenvalue weighted by molar-refractivity contribution is 5.74. The molecule has 18 heavy (non-hydrogen) atoms. The van der Waals surface area contributed by atoms with E-state index >= 15 is 0 Å². The minimum Gasteiger partial charge on any atom is -0.492 e. The molecule has 0 fully saturated rings. The summed E-state index contributed by atoms with van der Waals surface area (Å²) in [5.74, 6) is -2.22. The van der Waals surface area contributed by atoms with Crippen molar-refractivity contribution in [2.45, 2.75) is 26.7 Å². The second-order valence-electron chi connectivity index (χ2n) is 5.09. The summed E-state index contributed by atoms with van der Waals surface area (Å²) < 4.78 is 32.5. The number of hydrogen-bond donors (Lipinski definition) is 1. The topological polar surface area (TPSA) is 46.5 Å². The van der Waals surface area contributed by atoms with Gasteiger partial charge in [-0.3, -0.25) is 4.79 Å². The molecule has 0 aliphatic carbocycles. The summed E-state index contributed by atoms with van der Waals surface area (Å²) in [6.07, 6.45) is 0.360. The molecular formula is C13H14F2O3. The van der Waals surface area contributed by atoms with E-state index in [0.29, 0.717) is 18.6 Å². The zero-order valence-corrected chi connectivity index (χ0v) is 10.2. The first kappa shape index (κ1) is 12.8. The molecule has 0 aromatic heterocycles. The zero-order chi connectivity index (χ0) is 13.5. The van der Waals surface area contributed by atoms with Gasteiger partial charge in [-0.2, -0.15) is 0 Å². The van der Waals surface area contributed by atoms with Crippen molar-refractivity contribution < 1.29 is 23.4 Å². The maximum atomic E-state index is 13.8. The Kier molecular flexibility index (Phi) is 3.00. The molecule has 2 rings (SSSR count). The first-order valence-electron chi connectivity index (χ1n) is 5.69. The lowest BCUT2D eigenvalue weighted by Gasteiger charge is -2.21. The lowest BCUT2D eigenvalue weighted by atomic mass is 9.85. The second-order valence-corrected chi connectivity index (χ2v) is 5.09. The van der Waals surface area contributed by atoms with E-state index in [0.717, 1.165) is 6.07 Å². The van der Waals surface area contributed by atoms with Gasteiger partial charge in [-0.1, -0.05) is 0 Å². The van der Waals surface area contributed by atoms with Crippen molar-refractivity contribution in [2.24, 2.45) is 5.41 Å². The lowest BCUT2D eigenvalue weighted by molar-refractivity contribution is -0.146. The Balaban J connectivity index is 2.46. The third-order valence-electron chi connectivity index (χ3n) is 3.17. The first-order chi connectivity index (χ1) is 8.33. The van der Waals surface area contributed by atoms with Crippen molar-refractivity contribution in [1.29, 1.82) is 0 Å². The molecule has 0 radical (unpaired) electrons. The molecule has 5 heteroatoms. The van der Waals surface area contributed by atoms with Gasteiger partial charge in [-0.05, 0) is 20.3 Å². The fourth-order valence-electron chi connectivity index (χ4n) is 2.03. The highest BCUT2D eigenvalue weighted by atomic mass is 19.1. The normalized spacial score (nSPS) is 14.2. The predicted octanol–water partition coefficient (Wildman–Crippen LogP) is 2.55.